The molecule has 0 aliphatic carbocycles. The van der Waals surface area contributed by atoms with Gasteiger partial charge in [-0.25, -0.2) is 4.98 Å². The number of fused-ring (bicyclic) bond motifs is 1. The summed E-state index contributed by atoms with van der Waals surface area (Å²) in [6.07, 6.45) is 2.74. The van der Waals surface area contributed by atoms with Gasteiger partial charge >= 0.3 is 5.97 Å². The molecule has 116 valence electrons. The van der Waals surface area contributed by atoms with E-state index in [1.807, 2.05) is 35.8 Å². The Hall–Kier alpha value is -2.37. The van der Waals surface area contributed by atoms with Crippen LogP contribution < -0.4 is 0 Å². The number of hydrogen-bond donors (Lipinski definition) is 1. The summed E-state index contributed by atoms with van der Waals surface area (Å²) in [6.45, 7) is 2.87. The highest BCUT2D eigenvalue weighted by molar-refractivity contribution is 5.84. The first kappa shape index (κ1) is 14.6. The second kappa shape index (κ2) is 5.79. The van der Waals surface area contributed by atoms with Crippen LogP contribution in [0.15, 0.2) is 30.6 Å². The number of aliphatic carboxylic acids is 1. The van der Waals surface area contributed by atoms with Gasteiger partial charge in [0.05, 0.1) is 23.3 Å². The zero-order valence-electron chi connectivity index (χ0n) is 12.5. The fourth-order valence-corrected chi connectivity index (χ4v) is 3.02. The summed E-state index contributed by atoms with van der Waals surface area (Å²) in [5, 5.41) is 9.03. The zero-order chi connectivity index (χ0) is 15.7. The number of nitrogens with zero attached hydrogens (tertiary/aromatic N) is 3. The van der Waals surface area contributed by atoms with Crippen LogP contribution in [-0.2, 0) is 9.59 Å². The van der Waals surface area contributed by atoms with Crippen LogP contribution in [0.2, 0.25) is 0 Å². The number of carboxylic acid groups (broad SMARTS) is 1. The number of carbonyl (C=O) groups is 2. The quantitative estimate of drug-likeness (QED) is 0.939. The second-order valence-electron chi connectivity index (χ2n) is 5.75. The Labute approximate surface area is 128 Å². The third-order valence-electron chi connectivity index (χ3n) is 4.41. The lowest BCUT2D eigenvalue weighted by Gasteiger charge is -2.32. The first-order valence-corrected chi connectivity index (χ1v) is 7.51. The molecule has 1 saturated heterocycles. The van der Waals surface area contributed by atoms with Gasteiger partial charge in [-0.2, -0.15) is 0 Å². The van der Waals surface area contributed by atoms with Crippen molar-refractivity contribution in [2.75, 3.05) is 13.1 Å². The minimum Gasteiger partial charge on any atom is -0.481 e. The average molecular weight is 301 g/mol. The molecule has 3 rings (SSSR count). The smallest absolute Gasteiger partial charge is 0.306 e. The topological polar surface area (TPSA) is 75.4 Å². The van der Waals surface area contributed by atoms with Crippen molar-refractivity contribution in [1.82, 2.24) is 14.5 Å². The lowest BCUT2D eigenvalue weighted by atomic mass is 9.97. The maximum atomic E-state index is 12.6. The van der Waals surface area contributed by atoms with Crippen LogP contribution in [0.1, 0.15) is 25.8 Å². The van der Waals surface area contributed by atoms with Crippen LogP contribution in [0.4, 0.5) is 0 Å². The van der Waals surface area contributed by atoms with Gasteiger partial charge < -0.3 is 14.6 Å². The SMILES string of the molecule is CC(C(=O)N1CCC(C(=O)O)CC1)n1cnc2ccccc21. The standard InChI is InChI=1S/C16H19N3O3/c1-11(19-10-17-13-4-2-3-5-14(13)19)15(20)18-8-6-12(7-9-18)16(21)22/h2-5,10-12H,6-9H2,1H3,(H,21,22). The average Bonchev–Trinajstić information content (AvgIpc) is 2.97. The largest absolute Gasteiger partial charge is 0.481 e. The molecule has 1 aliphatic heterocycles. The Morgan fingerprint density at radius 2 is 1.95 bits per heavy atom. The summed E-state index contributed by atoms with van der Waals surface area (Å²) in [7, 11) is 0. The fraction of sp³-hybridized carbons (Fsp3) is 0.438. The van der Waals surface area contributed by atoms with E-state index in [1.165, 1.54) is 0 Å². The molecule has 1 fully saturated rings. The van der Waals surface area contributed by atoms with E-state index in [1.54, 1.807) is 11.2 Å². The van der Waals surface area contributed by atoms with Crippen LogP contribution >= 0.6 is 0 Å². The number of likely N-dealkylation sites (tertiary alicyclic amines) is 1. The third-order valence-corrected chi connectivity index (χ3v) is 4.41. The van der Waals surface area contributed by atoms with Crippen molar-refractivity contribution in [3.05, 3.63) is 30.6 Å². The van der Waals surface area contributed by atoms with E-state index in [0.717, 1.165) is 11.0 Å². The molecule has 22 heavy (non-hydrogen) atoms. The number of imidazole rings is 1. The normalized spacial score (nSPS) is 17.6. The summed E-state index contributed by atoms with van der Waals surface area (Å²) in [5.74, 6) is -1.07. The van der Waals surface area contributed by atoms with Gasteiger partial charge in [0.2, 0.25) is 5.91 Å². The predicted molar refractivity (Wildman–Crippen MR) is 81.4 cm³/mol. The third kappa shape index (κ3) is 2.56. The van der Waals surface area contributed by atoms with Gasteiger partial charge in [-0.1, -0.05) is 12.1 Å². The van der Waals surface area contributed by atoms with Crippen LogP contribution in [0, 0.1) is 5.92 Å². The van der Waals surface area contributed by atoms with Gasteiger partial charge in [-0.3, -0.25) is 9.59 Å². The maximum absolute atomic E-state index is 12.6. The molecule has 6 heteroatoms. The highest BCUT2D eigenvalue weighted by Crippen LogP contribution is 2.23. The molecule has 0 saturated carbocycles. The van der Waals surface area contributed by atoms with Crippen molar-refractivity contribution >= 4 is 22.9 Å². The Morgan fingerprint density at radius 3 is 2.64 bits per heavy atom. The zero-order valence-corrected chi connectivity index (χ0v) is 12.5. The van der Waals surface area contributed by atoms with Crippen molar-refractivity contribution in [3.63, 3.8) is 0 Å². The Bertz CT molecular complexity index is 701. The number of hydrogen-bond acceptors (Lipinski definition) is 3. The van der Waals surface area contributed by atoms with E-state index in [4.69, 9.17) is 5.11 Å². The highest BCUT2D eigenvalue weighted by atomic mass is 16.4. The number of para-hydroxylation sites is 2. The summed E-state index contributed by atoms with van der Waals surface area (Å²) < 4.78 is 1.88. The first-order valence-electron chi connectivity index (χ1n) is 7.51. The van der Waals surface area contributed by atoms with Crippen molar-refractivity contribution < 1.29 is 14.7 Å². The van der Waals surface area contributed by atoms with Gasteiger partial charge in [0.1, 0.15) is 6.04 Å². The number of piperidine rings is 1. The highest BCUT2D eigenvalue weighted by Gasteiger charge is 2.29. The van der Waals surface area contributed by atoms with Gasteiger partial charge in [-0.05, 0) is 31.9 Å². The van der Waals surface area contributed by atoms with Gasteiger partial charge in [0, 0.05) is 13.1 Å². The monoisotopic (exact) mass is 301 g/mol. The summed E-state index contributed by atoms with van der Waals surface area (Å²) in [6, 6.07) is 7.37. The molecule has 1 aliphatic rings. The Balaban J connectivity index is 1.74. The molecular formula is C16H19N3O3. The minimum atomic E-state index is -0.763. The van der Waals surface area contributed by atoms with E-state index in [-0.39, 0.29) is 17.9 Å². The Kier molecular flexibility index (Phi) is 3.83. The van der Waals surface area contributed by atoms with Gasteiger partial charge in [-0.15, -0.1) is 0 Å². The molecule has 0 bridgehead atoms. The lowest BCUT2D eigenvalue weighted by molar-refractivity contribution is -0.146. The fourth-order valence-electron chi connectivity index (χ4n) is 3.02. The molecule has 1 amide bonds. The molecule has 1 atom stereocenters. The first-order chi connectivity index (χ1) is 10.6. The molecule has 0 spiro atoms. The van der Waals surface area contributed by atoms with Crippen LogP contribution in [0.5, 0.6) is 0 Å². The van der Waals surface area contributed by atoms with E-state index in [2.05, 4.69) is 4.98 Å². The number of carbonyl (C=O) groups excluding carboxylic acids is 1. The van der Waals surface area contributed by atoms with E-state index in [9.17, 15) is 9.59 Å². The lowest BCUT2D eigenvalue weighted by Crippen LogP contribution is -2.43. The molecule has 6 nitrogen and oxygen atoms in total. The van der Waals surface area contributed by atoms with Crippen molar-refractivity contribution in [2.24, 2.45) is 5.92 Å². The Morgan fingerprint density at radius 1 is 1.27 bits per heavy atom. The molecule has 2 heterocycles. The second-order valence-corrected chi connectivity index (χ2v) is 5.75. The van der Waals surface area contributed by atoms with Gasteiger partial charge in [0.25, 0.3) is 0 Å². The number of amides is 1. The number of aromatic nitrogens is 2. The van der Waals surface area contributed by atoms with Crippen LogP contribution in [0.3, 0.4) is 0 Å². The van der Waals surface area contributed by atoms with E-state index >= 15 is 0 Å². The summed E-state index contributed by atoms with van der Waals surface area (Å²) in [5.41, 5.74) is 1.80. The molecular weight excluding hydrogens is 282 g/mol. The summed E-state index contributed by atoms with van der Waals surface area (Å²) >= 11 is 0. The van der Waals surface area contributed by atoms with Crippen molar-refractivity contribution in [1.29, 1.82) is 0 Å². The molecule has 1 unspecified atom stereocenters. The molecule has 0 radical (unpaired) electrons. The van der Waals surface area contributed by atoms with Crippen molar-refractivity contribution in [3.8, 4) is 0 Å². The minimum absolute atomic E-state index is 0.0204. The number of carboxylic acids is 1. The summed E-state index contributed by atoms with van der Waals surface area (Å²) in [4.78, 5) is 29.7. The maximum Gasteiger partial charge on any atom is 0.306 e. The number of rotatable bonds is 3. The molecule has 1 N–H and O–H groups in total. The van der Waals surface area contributed by atoms with Crippen molar-refractivity contribution in [2.45, 2.75) is 25.8 Å². The molecule has 1 aromatic heterocycles. The number of benzene rings is 1. The predicted octanol–water partition coefficient (Wildman–Crippen LogP) is 1.92. The van der Waals surface area contributed by atoms with Gasteiger partial charge in [0.15, 0.2) is 0 Å². The van der Waals surface area contributed by atoms with Crippen LogP contribution in [0.25, 0.3) is 11.0 Å². The molecule has 1 aromatic carbocycles. The molecule has 2 aromatic rings. The van der Waals surface area contributed by atoms with E-state index in [0.29, 0.717) is 25.9 Å². The van der Waals surface area contributed by atoms with Crippen LogP contribution in [-0.4, -0.2) is 44.5 Å². The van der Waals surface area contributed by atoms with E-state index < -0.39 is 5.97 Å².